The van der Waals surface area contributed by atoms with E-state index in [4.69, 9.17) is 4.74 Å². The zero-order valence-electron chi connectivity index (χ0n) is 15.4. The van der Waals surface area contributed by atoms with Gasteiger partial charge in [-0.05, 0) is 32.4 Å². The third kappa shape index (κ3) is 6.70. The van der Waals surface area contributed by atoms with E-state index in [1.54, 1.807) is 6.07 Å². The highest BCUT2D eigenvalue weighted by Gasteiger charge is 2.19. The summed E-state index contributed by atoms with van der Waals surface area (Å²) < 4.78 is 5.43. The summed E-state index contributed by atoms with van der Waals surface area (Å²) in [6.45, 7) is 7.74. The Morgan fingerprint density at radius 3 is 3.00 bits per heavy atom. The summed E-state index contributed by atoms with van der Waals surface area (Å²) in [5.41, 5.74) is 0.878. The van der Waals surface area contributed by atoms with Crippen molar-refractivity contribution >= 4 is 17.7 Å². The van der Waals surface area contributed by atoms with E-state index in [1.165, 1.54) is 0 Å². The van der Waals surface area contributed by atoms with Crippen LogP contribution < -0.4 is 10.6 Å². The molecule has 1 fully saturated rings. The number of nitrogens with one attached hydrogen (secondary N) is 2. The summed E-state index contributed by atoms with van der Waals surface area (Å²) >= 11 is 0. The molecule has 1 amide bonds. The molecule has 2 heterocycles. The van der Waals surface area contributed by atoms with Crippen LogP contribution in [0, 0.1) is 12.8 Å². The van der Waals surface area contributed by atoms with Gasteiger partial charge in [-0.3, -0.25) is 9.79 Å². The lowest BCUT2D eigenvalue weighted by Gasteiger charge is -2.24. The van der Waals surface area contributed by atoms with Gasteiger partial charge in [0.15, 0.2) is 5.96 Å². The Hall–Kier alpha value is -2.15. The molecule has 1 aliphatic heterocycles. The number of aliphatic imine (C=N–C) groups is 1. The van der Waals surface area contributed by atoms with Crippen LogP contribution in [0.15, 0.2) is 23.2 Å². The van der Waals surface area contributed by atoms with Gasteiger partial charge in [-0.1, -0.05) is 6.07 Å². The number of carbonyl (C=O) groups is 1. The predicted molar refractivity (Wildman–Crippen MR) is 99.8 cm³/mol. The van der Waals surface area contributed by atoms with Crippen molar-refractivity contribution in [3.63, 3.8) is 0 Å². The largest absolute Gasteiger partial charge is 0.381 e. The Bertz CT molecular complexity index is 585. The second-order valence-corrected chi connectivity index (χ2v) is 6.31. The number of guanidine groups is 1. The fourth-order valence-electron chi connectivity index (χ4n) is 2.75. The number of anilines is 1. The molecule has 0 aromatic carbocycles. The summed E-state index contributed by atoms with van der Waals surface area (Å²) in [5, 5.41) is 6.08. The number of aryl methyl sites for hydroxylation is 1. The minimum absolute atomic E-state index is 0.0791. The first-order valence-corrected chi connectivity index (χ1v) is 8.89. The third-order valence-electron chi connectivity index (χ3n) is 4.01. The van der Waals surface area contributed by atoms with Gasteiger partial charge >= 0.3 is 0 Å². The van der Waals surface area contributed by atoms with Crippen molar-refractivity contribution in [2.45, 2.75) is 26.7 Å². The van der Waals surface area contributed by atoms with Crippen LogP contribution in [0.4, 0.5) is 5.82 Å². The lowest BCUT2D eigenvalue weighted by molar-refractivity contribution is -0.116. The Balaban J connectivity index is 1.81. The highest BCUT2D eigenvalue weighted by atomic mass is 16.5. The highest BCUT2D eigenvalue weighted by molar-refractivity contribution is 5.90. The zero-order valence-corrected chi connectivity index (χ0v) is 15.4. The fraction of sp³-hybridized carbons (Fsp3) is 0.611. The Morgan fingerprint density at radius 1 is 1.48 bits per heavy atom. The molecule has 0 saturated carbocycles. The minimum Gasteiger partial charge on any atom is -0.381 e. The van der Waals surface area contributed by atoms with Gasteiger partial charge < -0.3 is 20.3 Å². The average Bonchev–Trinajstić information content (AvgIpc) is 3.07. The SMILES string of the molecule is CCNC(=NCCC(=O)Nc1cccc(C)n1)N(C)CC1CCOC1. The Labute approximate surface area is 149 Å². The summed E-state index contributed by atoms with van der Waals surface area (Å²) in [6, 6.07) is 5.56. The van der Waals surface area contributed by atoms with Crippen molar-refractivity contribution in [3.8, 4) is 0 Å². The molecule has 1 aliphatic rings. The first-order valence-electron chi connectivity index (χ1n) is 8.89. The molecule has 0 bridgehead atoms. The van der Waals surface area contributed by atoms with Gasteiger partial charge in [0.05, 0.1) is 13.2 Å². The van der Waals surface area contributed by atoms with Crippen molar-refractivity contribution in [2.75, 3.05) is 45.2 Å². The number of nitrogens with zero attached hydrogens (tertiary/aromatic N) is 3. The molecule has 0 aliphatic carbocycles. The van der Waals surface area contributed by atoms with Crippen LogP contribution in [0.3, 0.4) is 0 Å². The number of hydrogen-bond acceptors (Lipinski definition) is 4. The number of carbonyl (C=O) groups excluding carboxylic acids is 1. The average molecular weight is 347 g/mol. The van der Waals surface area contributed by atoms with Crippen LogP contribution in [0.2, 0.25) is 0 Å². The third-order valence-corrected chi connectivity index (χ3v) is 4.01. The highest BCUT2D eigenvalue weighted by Crippen LogP contribution is 2.13. The van der Waals surface area contributed by atoms with Gasteiger partial charge in [-0.15, -0.1) is 0 Å². The number of ether oxygens (including phenoxy) is 1. The van der Waals surface area contributed by atoms with Gasteiger partial charge in [0.25, 0.3) is 0 Å². The predicted octanol–water partition coefficient (Wildman–Crippen LogP) is 1.65. The molecule has 1 aromatic heterocycles. The lowest BCUT2D eigenvalue weighted by Crippen LogP contribution is -2.41. The van der Waals surface area contributed by atoms with E-state index in [-0.39, 0.29) is 5.91 Å². The van der Waals surface area contributed by atoms with Crippen LogP contribution in [-0.2, 0) is 9.53 Å². The topological polar surface area (TPSA) is 78.8 Å². The summed E-state index contributed by atoms with van der Waals surface area (Å²) in [4.78, 5) is 23.0. The molecule has 1 unspecified atom stereocenters. The number of pyridine rings is 1. The standard InChI is InChI=1S/C18H29N5O2/c1-4-19-18(23(3)12-15-9-11-25-13-15)20-10-8-17(24)22-16-7-5-6-14(2)21-16/h5-7,15H,4,8-13H2,1-3H3,(H,19,20)(H,21,22,24). The van der Waals surface area contributed by atoms with Crippen molar-refractivity contribution in [1.82, 2.24) is 15.2 Å². The number of hydrogen-bond donors (Lipinski definition) is 2. The van der Waals surface area contributed by atoms with E-state index in [0.717, 1.165) is 44.4 Å². The van der Waals surface area contributed by atoms with E-state index in [1.807, 2.05) is 33.0 Å². The molecule has 1 saturated heterocycles. The van der Waals surface area contributed by atoms with E-state index < -0.39 is 0 Å². The first kappa shape index (κ1) is 19.2. The van der Waals surface area contributed by atoms with Gasteiger partial charge in [0, 0.05) is 44.8 Å². The Kier molecular flexibility index (Phi) is 7.66. The quantitative estimate of drug-likeness (QED) is 0.579. The van der Waals surface area contributed by atoms with Crippen LogP contribution in [-0.4, -0.2) is 61.6 Å². The second-order valence-electron chi connectivity index (χ2n) is 6.31. The summed E-state index contributed by atoms with van der Waals surface area (Å²) in [7, 11) is 2.02. The van der Waals surface area contributed by atoms with Crippen molar-refractivity contribution < 1.29 is 9.53 Å². The molecule has 0 spiro atoms. The van der Waals surface area contributed by atoms with Crippen molar-refractivity contribution in [2.24, 2.45) is 10.9 Å². The van der Waals surface area contributed by atoms with Crippen LogP contribution >= 0.6 is 0 Å². The molecule has 2 N–H and O–H groups in total. The normalized spacial score (nSPS) is 17.4. The van der Waals surface area contributed by atoms with Gasteiger partial charge in [0.2, 0.25) is 5.91 Å². The van der Waals surface area contributed by atoms with E-state index in [9.17, 15) is 4.79 Å². The maximum Gasteiger partial charge on any atom is 0.227 e. The number of rotatable bonds is 7. The molecule has 2 rings (SSSR count). The minimum atomic E-state index is -0.0791. The van der Waals surface area contributed by atoms with Crippen molar-refractivity contribution in [3.05, 3.63) is 23.9 Å². The van der Waals surface area contributed by atoms with Crippen LogP contribution in [0.5, 0.6) is 0 Å². The molecule has 0 radical (unpaired) electrons. The maximum atomic E-state index is 12.0. The summed E-state index contributed by atoms with van der Waals surface area (Å²) in [5.74, 6) is 1.88. The first-order chi connectivity index (χ1) is 12.1. The number of aromatic nitrogens is 1. The van der Waals surface area contributed by atoms with Gasteiger partial charge in [0.1, 0.15) is 5.82 Å². The molecular formula is C18H29N5O2. The molecule has 1 aromatic rings. The van der Waals surface area contributed by atoms with E-state index >= 15 is 0 Å². The van der Waals surface area contributed by atoms with Crippen molar-refractivity contribution in [1.29, 1.82) is 0 Å². The molecule has 7 nitrogen and oxygen atoms in total. The molecule has 138 valence electrons. The van der Waals surface area contributed by atoms with E-state index in [2.05, 4.69) is 25.5 Å². The van der Waals surface area contributed by atoms with Crippen LogP contribution in [0.1, 0.15) is 25.5 Å². The molecule has 25 heavy (non-hydrogen) atoms. The Morgan fingerprint density at radius 2 is 2.32 bits per heavy atom. The fourth-order valence-corrected chi connectivity index (χ4v) is 2.75. The summed E-state index contributed by atoms with van der Waals surface area (Å²) in [6.07, 6.45) is 1.42. The lowest BCUT2D eigenvalue weighted by atomic mass is 10.1. The maximum absolute atomic E-state index is 12.0. The monoisotopic (exact) mass is 347 g/mol. The zero-order chi connectivity index (χ0) is 18.1. The van der Waals surface area contributed by atoms with E-state index in [0.29, 0.717) is 24.7 Å². The smallest absolute Gasteiger partial charge is 0.227 e. The molecular weight excluding hydrogens is 318 g/mol. The van der Waals surface area contributed by atoms with Gasteiger partial charge in [-0.25, -0.2) is 4.98 Å². The number of amides is 1. The molecule has 7 heteroatoms. The second kappa shape index (κ2) is 9.98. The van der Waals surface area contributed by atoms with Gasteiger partial charge in [-0.2, -0.15) is 0 Å². The molecule has 1 atom stereocenters. The van der Waals surface area contributed by atoms with Crippen LogP contribution in [0.25, 0.3) is 0 Å².